The van der Waals surface area contributed by atoms with Gasteiger partial charge in [-0.3, -0.25) is 0 Å². The van der Waals surface area contributed by atoms with E-state index in [0.717, 1.165) is 31.1 Å². The van der Waals surface area contributed by atoms with Gasteiger partial charge in [-0.1, -0.05) is 0 Å². The molecule has 1 N–H and O–H groups in total. The number of hydrogen-bond donors (Lipinski definition) is 1. The molecular formula is C14H21N3O. The van der Waals surface area contributed by atoms with Gasteiger partial charge in [0.2, 0.25) is 0 Å². The molecule has 0 radical (unpaired) electrons. The van der Waals surface area contributed by atoms with Gasteiger partial charge in [0.15, 0.2) is 5.82 Å². The molecule has 1 aromatic heterocycles. The number of rotatable bonds is 3. The van der Waals surface area contributed by atoms with E-state index in [-0.39, 0.29) is 5.60 Å². The van der Waals surface area contributed by atoms with Crippen LogP contribution in [0.1, 0.15) is 56.5 Å². The molecule has 0 amide bonds. The molecule has 1 saturated heterocycles. The number of hydrogen-bond acceptors (Lipinski definition) is 4. The second kappa shape index (κ2) is 4.50. The number of ether oxygens (including phenoxy) is 1. The maximum atomic E-state index is 5.95. The first-order valence-corrected chi connectivity index (χ1v) is 6.92. The topological polar surface area (TPSA) is 47.0 Å². The third-order valence-electron chi connectivity index (χ3n) is 3.94. The fourth-order valence-corrected chi connectivity index (χ4v) is 2.53. The lowest BCUT2D eigenvalue weighted by atomic mass is 9.95. The Balaban J connectivity index is 1.96. The third kappa shape index (κ3) is 2.21. The van der Waals surface area contributed by atoms with Crippen molar-refractivity contribution in [3.63, 3.8) is 0 Å². The molecule has 1 unspecified atom stereocenters. The van der Waals surface area contributed by atoms with Crippen molar-refractivity contribution in [3.8, 4) is 0 Å². The predicted octanol–water partition coefficient (Wildman–Crippen LogP) is 2.81. The van der Waals surface area contributed by atoms with Gasteiger partial charge < -0.3 is 10.1 Å². The van der Waals surface area contributed by atoms with E-state index >= 15 is 0 Å². The van der Waals surface area contributed by atoms with Gasteiger partial charge in [0.1, 0.15) is 11.4 Å². The molecule has 1 aromatic rings. The molecule has 1 atom stereocenters. The maximum absolute atomic E-state index is 5.95. The van der Waals surface area contributed by atoms with E-state index in [1.54, 1.807) is 0 Å². The molecule has 0 bridgehead atoms. The minimum absolute atomic E-state index is 0.297. The van der Waals surface area contributed by atoms with Crippen molar-refractivity contribution in [1.82, 2.24) is 9.97 Å². The van der Waals surface area contributed by atoms with Crippen molar-refractivity contribution in [2.45, 2.75) is 50.5 Å². The molecule has 18 heavy (non-hydrogen) atoms. The summed E-state index contributed by atoms with van der Waals surface area (Å²) < 4.78 is 5.95. The summed E-state index contributed by atoms with van der Waals surface area (Å²) in [5.74, 6) is 2.42. The molecule has 3 rings (SSSR count). The fourth-order valence-electron chi connectivity index (χ4n) is 2.53. The fraction of sp³-hybridized carbons (Fsp3) is 0.714. The van der Waals surface area contributed by atoms with Crippen LogP contribution in [0.4, 0.5) is 5.82 Å². The zero-order valence-corrected chi connectivity index (χ0v) is 11.2. The predicted molar refractivity (Wildman–Crippen MR) is 70.7 cm³/mol. The van der Waals surface area contributed by atoms with Gasteiger partial charge in [0.25, 0.3) is 0 Å². The van der Waals surface area contributed by atoms with Gasteiger partial charge >= 0.3 is 0 Å². The van der Waals surface area contributed by atoms with Crippen molar-refractivity contribution in [3.05, 3.63) is 17.6 Å². The number of nitrogens with zero attached hydrogens (tertiary/aromatic N) is 2. The number of nitrogens with one attached hydrogen (secondary N) is 1. The van der Waals surface area contributed by atoms with Crippen LogP contribution in [-0.4, -0.2) is 23.6 Å². The van der Waals surface area contributed by atoms with Crippen molar-refractivity contribution in [1.29, 1.82) is 0 Å². The minimum atomic E-state index is -0.297. The van der Waals surface area contributed by atoms with Crippen molar-refractivity contribution >= 4 is 5.82 Å². The Morgan fingerprint density at radius 1 is 1.33 bits per heavy atom. The first-order chi connectivity index (χ1) is 8.71. The van der Waals surface area contributed by atoms with E-state index in [4.69, 9.17) is 9.72 Å². The van der Waals surface area contributed by atoms with Crippen LogP contribution >= 0.6 is 0 Å². The number of aromatic nitrogens is 2. The van der Waals surface area contributed by atoms with E-state index in [0.29, 0.717) is 5.92 Å². The van der Waals surface area contributed by atoms with Crippen molar-refractivity contribution < 1.29 is 4.74 Å². The summed E-state index contributed by atoms with van der Waals surface area (Å²) in [6.07, 6.45) is 5.89. The maximum Gasteiger partial charge on any atom is 0.162 e. The van der Waals surface area contributed by atoms with Crippen LogP contribution in [0.15, 0.2) is 6.07 Å². The van der Waals surface area contributed by atoms with Crippen LogP contribution in [0, 0.1) is 0 Å². The molecule has 2 heterocycles. The Kier molecular flexibility index (Phi) is 2.98. The summed E-state index contributed by atoms with van der Waals surface area (Å²) in [7, 11) is 1.91. The van der Waals surface area contributed by atoms with Gasteiger partial charge in [-0.2, -0.15) is 0 Å². The van der Waals surface area contributed by atoms with E-state index in [1.165, 1.54) is 25.0 Å². The molecule has 4 nitrogen and oxygen atoms in total. The van der Waals surface area contributed by atoms with Crippen LogP contribution in [0.25, 0.3) is 0 Å². The van der Waals surface area contributed by atoms with Gasteiger partial charge in [0, 0.05) is 31.3 Å². The van der Waals surface area contributed by atoms with Crippen LogP contribution in [0.5, 0.6) is 0 Å². The normalized spacial score (nSPS) is 28.1. The first kappa shape index (κ1) is 11.9. The molecule has 0 spiro atoms. The summed E-state index contributed by atoms with van der Waals surface area (Å²) in [6.45, 7) is 2.94. The van der Waals surface area contributed by atoms with Gasteiger partial charge in [-0.05, 0) is 39.0 Å². The summed E-state index contributed by atoms with van der Waals surface area (Å²) >= 11 is 0. The SMILES string of the molecule is CNc1cc(C2CC2)nc(C2(C)CCCCO2)n1. The highest BCUT2D eigenvalue weighted by Gasteiger charge is 2.35. The average molecular weight is 247 g/mol. The third-order valence-corrected chi connectivity index (χ3v) is 3.94. The molecule has 2 aliphatic rings. The second-order valence-electron chi connectivity index (χ2n) is 5.56. The molecule has 1 aliphatic carbocycles. The number of anilines is 1. The molecule has 1 saturated carbocycles. The first-order valence-electron chi connectivity index (χ1n) is 6.92. The lowest BCUT2D eigenvalue weighted by Crippen LogP contribution is -2.32. The molecular weight excluding hydrogens is 226 g/mol. The summed E-state index contributed by atoms with van der Waals surface area (Å²) in [5, 5.41) is 3.14. The summed E-state index contributed by atoms with van der Waals surface area (Å²) in [4.78, 5) is 9.37. The molecule has 98 valence electrons. The van der Waals surface area contributed by atoms with Crippen LogP contribution in [-0.2, 0) is 10.3 Å². The van der Waals surface area contributed by atoms with Gasteiger partial charge in [0.05, 0.1) is 0 Å². The van der Waals surface area contributed by atoms with E-state index < -0.39 is 0 Å². The van der Waals surface area contributed by atoms with E-state index in [2.05, 4.69) is 23.3 Å². The van der Waals surface area contributed by atoms with Gasteiger partial charge in [-0.15, -0.1) is 0 Å². The monoisotopic (exact) mass is 247 g/mol. The van der Waals surface area contributed by atoms with Crippen molar-refractivity contribution in [2.24, 2.45) is 0 Å². The largest absolute Gasteiger partial charge is 0.373 e. The second-order valence-corrected chi connectivity index (χ2v) is 5.56. The van der Waals surface area contributed by atoms with E-state index in [1.807, 2.05) is 7.05 Å². The zero-order chi connectivity index (χ0) is 12.6. The van der Waals surface area contributed by atoms with Gasteiger partial charge in [-0.25, -0.2) is 9.97 Å². The molecule has 2 fully saturated rings. The minimum Gasteiger partial charge on any atom is -0.373 e. The Labute approximate surface area is 108 Å². The Bertz CT molecular complexity index is 437. The molecule has 4 heteroatoms. The van der Waals surface area contributed by atoms with Crippen molar-refractivity contribution in [2.75, 3.05) is 19.0 Å². The average Bonchev–Trinajstić information content (AvgIpc) is 3.23. The Hall–Kier alpha value is -1.16. The van der Waals surface area contributed by atoms with E-state index in [9.17, 15) is 0 Å². The quantitative estimate of drug-likeness (QED) is 0.892. The molecule has 0 aromatic carbocycles. The highest BCUT2D eigenvalue weighted by molar-refractivity contribution is 5.38. The highest BCUT2D eigenvalue weighted by atomic mass is 16.5. The Morgan fingerprint density at radius 2 is 2.17 bits per heavy atom. The Morgan fingerprint density at radius 3 is 2.78 bits per heavy atom. The lowest BCUT2D eigenvalue weighted by Gasteiger charge is -2.32. The standard InChI is InChI=1S/C14H21N3O/c1-14(7-3-4-8-18-14)13-16-11(10-5-6-10)9-12(15-2)17-13/h9-10H,3-8H2,1-2H3,(H,15,16,17). The highest BCUT2D eigenvalue weighted by Crippen LogP contribution is 2.41. The summed E-state index contributed by atoms with van der Waals surface area (Å²) in [6, 6.07) is 2.08. The van der Waals surface area contributed by atoms with Crippen LogP contribution in [0.3, 0.4) is 0 Å². The summed E-state index contributed by atoms with van der Waals surface area (Å²) in [5.41, 5.74) is 0.883. The smallest absolute Gasteiger partial charge is 0.162 e. The van der Waals surface area contributed by atoms with Crippen LogP contribution < -0.4 is 5.32 Å². The van der Waals surface area contributed by atoms with Crippen LogP contribution in [0.2, 0.25) is 0 Å². The lowest BCUT2D eigenvalue weighted by molar-refractivity contribution is -0.0760. The molecule has 1 aliphatic heterocycles. The zero-order valence-electron chi connectivity index (χ0n) is 11.2.